The Hall–Kier alpha value is -2.66. The second-order valence-corrected chi connectivity index (χ2v) is 7.76. The minimum atomic E-state index is -0.396. The van der Waals surface area contributed by atoms with Gasteiger partial charge in [-0.15, -0.1) is 0 Å². The molecule has 1 N–H and O–H groups in total. The number of rotatable bonds is 8. The zero-order chi connectivity index (χ0) is 20.7. The van der Waals surface area contributed by atoms with Crippen LogP contribution in [0.2, 0.25) is 0 Å². The normalized spacial score (nSPS) is 15.1. The highest BCUT2D eigenvalue weighted by Gasteiger charge is 2.35. The molecule has 0 unspecified atom stereocenters. The van der Waals surface area contributed by atoms with Gasteiger partial charge in [0.05, 0.1) is 30.9 Å². The third-order valence-electron chi connectivity index (χ3n) is 5.65. The van der Waals surface area contributed by atoms with Crippen LogP contribution in [0.3, 0.4) is 0 Å². The van der Waals surface area contributed by atoms with E-state index < -0.39 is 5.97 Å². The molecule has 5 heteroatoms. The highest BCUT2D eigenvalue weighted by molar-refractivity contribution is 6.02. The maximum atomic E-state index is 13.1. The lowest BCUT2D eigenvalue weighted by atomic mass is 10.0. The molecule has 0 saturated carbocycles. The standard InChI is InChI=1S/C24H30N2O3/c1-3-20-13-10-14-21(24(28)29-4-2)23(20)25-22(27)18-26(15-8-9-16-26)17-19-11-6-5-7-12-19/h5-7,10-14H,3-4,8-9,15-18H2,1-2H3/p+1. The number of ether oxygens (including phenoxy) is 1. The number of quaternary nitrogens is 1. The first kappa shape index (κ1) is 21.1. The molecule has 5 nitrogen and oxygen atoms in total. The Balaban J connectivity index is 1.79. The van der Waals surface area contributed by atoms with Gasteiger partial charge in [-0.05, 0) is 25.0 Å². The first-order valence-corrected chi connectivity index (χ1v) is 10.5. The van der Waals surface area contributed by atoms with Gasteiger partial charge < -0.3 is 14.5 Å². The van der Waals surface area contributed by atoms with Gasteiger partial charge in [0.2, 0.25) is 0 Å². The second kappa shape index (κ2) is 9.70. The molecule has 154 valence electrons. The zero-order valence-electron chi connectivity index (χ0n) is 17.4. The minimum absolute atomic E-state index is 0.0470. The van der Waals surface area contributed by atoms with E-state index in [0.29, 0.717) is 24.4 Å². The molecule has 0 aliphatic carbocycles. The summed E-state index contributed by atoms with van der Waals surface area (Å²) in [6, 6.07) is 15.9. The van der Waals surface area contributed by atoms with Crippen LogP contribution in [0.4, 0.5) is 5.69 Å². The van der Waals surface area contributed by atoms with E-state index in [0.717, 1.165) is 48.9 Å². The summed E-state index contributed by atoms with van der Waals surface area (Å²) in [6.07, 6.45) is 3.01. The number of nitrogens with zero attached hydrogens (tertiary/aromatic N) is 1. The molecule has 0 bridgehead atoms. The molecule has 3 rings (SSSR count). The molecule has 0 spiro atoms. The molecule has 0 atom stereocenters. The molecule has 1 amide bonds. The van der Waals surface area contributed by atoms with Gasteiger partial charge in [0.25, 0.3) is 5.91 Å². The van der Waals surface area contributed by atoms with Gasteiger partial charge in [-0.25, -0.2) is 4.79 Å². The van der Waals surface area contributed by atoms with Crippen LogP contribution in [0, 0.1) is 0 Å². The largest absolute Gasteiger partial charge is 0.462 e. The maximum absolute atomic E-state index is 13.1. The number of amides is 1. The fraction of sp³-hybridized carbons (Fsp3) is 0.417. The number of carbonyl (C=O) groups excluding carboxylic acids is 2. The van der Waals surface area contributed by atoms with Gasteiger partial charge in [-0.1, -0.05) is 49.4 Å². The molecule has 1 aliphatic rings. The quantitative estimate of drug-likeness (QED) is 0.539. The molecule has 0 radical (unpaired) electrons. The van der Waals surface area contributed by atoms with E-state index in [1.807, 2.05) is 37.3 Å². The third-order valence-corrected chi connectivity index (χ3v) is 5.65. The van der Waals surface area contributed by atoms with Crippen molar-refractivity contribution in [1.82, 2.24) is 0 Å². The Morgan fingerprint density at radius 1 is 1.00 bits per heavy atom. The zero-order valence-corrected chi connectivity index (χ0v) is 17.4. The third kappa shape index (κ3) is 5.24. The SMILES string of the molecule is CCOC(=O)c1cccc(CC)c1NC(=O)C[N+]1(Cc2ccccc2)CCCC1. The van der Waals surface area contributed by atoms with E-state index in [2.05, 4.69) is 17.4 Å². The first-order valence-electron chi connectivity index (χ1n) is 10.5. The van der Waals surface area contributed by atoms with E-state index in [-0.39, 0.29) is 5.91 Å². The monoisotopic (exact) mass is 395 g/mol. The number of likely N-dealkylation sites (tertiary alicyclic amines) is 1. The van der Waals surface area contributed by atoms with Crippen LogP contribution in [0.5, 0.6) is 0 Å². The van der Waals surface area contributed by atoms with Crippen molar-refractivity contribution in [3.63, 3.8) is 0 Å². The van der Waals surface area contributed by atoms with Gasteiger partial charge in [0.15, 0.2) is 6.54 Å². The number of carbonyl (C=O) groups is 2. The van der Waals surface area contributed by atoms with Crippen LogP contribution in [0.1, 0.15) is 48.2 Å². The molecular formula is C24H31N2O3+. The molecular weight excluding hydrogens is 364 g/mol. The Morgan fingerprint density at radius 3 is 2.38 bits per heavy atom. The van der Waals surface area contributed by atoms with E-state index >= 15 is 0 Å². The van der Waals surface area contributed by atoms with Crippen molar-refractivity contribution < 1.29 is 18.8 Å². The van der Waals surface area contributed by atoms with Gasteiger partial charge in [0.1, 0.15) is 6.54 Å². The lowest BCUT2D eigenvalue weighted by Crippen LogP contribution is -2.49. The molecule has 1 heterocycles. The average molecular weight is 396 g/mol. The van der Waals surface area contributed by atoms with Gasteiger partial charge in [0, 0.05) is 18.4 Å². The lowest BCUT2D eigenvalue weighted by Gasteiger charge is -2.33. The Morgan fingerprint density at radius 2 is 1.72 bits per heavy atom. The summed E-state index contributed by atoms with van der Waals surface area (Å²) in [5, 5.41) is 3.05. The molecule has 2 aromatic carbocycles. The topological polar surface area (TPSA) is 55.4 Å². The van der Waals surface area contributed by atoms with E-state index in [1.54, 1.807) is 13.0 Å². The van der Waals surface area contributed by atoms with E-state index in [9.17, 15) is 9.59 Å². The predicted molar refractivity (Wildman–Crippen MR) is 115 cm³/mol. The molecule has 1 saturated heterocycles. The second-order valence-electron chi connectivity index (χ2n) is 7.76. The van der Waals surface area contributed by atoms with Crippen LogP contribution in [0.25, 0.3) is 0 Å². The summed E-state index contributed by atoms with van der Waals surface area (Å²) in [5.74, 6) is -0.443. The number of para-hydroxylation sites is 1. The van der Waals surface area contributed by atoms with Crippen LogP contribution in [-0.4, -0.2) is 42.6 Å². The van der Waals surface area contributed by atoms with Gasteiger partial charge in [-0.2, -0.15) is 0 Å². The maximum Gasteiger partial charge on any atom is 0.340 e. The Bertz CT molecular complexity index is 842. The van der Waals surface area contributed by atoms with Gasteiger partial charge >= 0.3 is 5.97 Å². The minimum Gasteiger partial charge on any atom is -0.462 e. The Labute approximate surface area is 173 Å². The fourth-order valence-electron chi connectivity index (χ4n) is 4.25. The van der Waals surface area contributed by atoms with Crippen molar-refractivity contribution in [1.29, 1.82) is 0 Å². The van der Waals surface area contributed by atoms with E-state index in [1.165, 1.54) is 5.56 Å². The number of anilines is 1. The van der Waals surface area contributed by atoms with Crippen molar-refractivity contribution in [2.45, 2.75) is 39.7 Å². The number of hydrogen-bond donors (Lipinski definition) is 1. The van der Waals surface area contributed by atoms with Crippen molar-refractivity contribution >= 4 is 17.6 Å². The lowest BCUT2D eigenvalue weighted by molar-refractivity contribution is -0.922. The summed E-state index contributed by atoms with van der Waals surface area (Å²) in [7, 11) is 0. The number of aryl methyl sites for hydroxylation is 1. The van der Waals surface area contributed by atoms with Crippen LogP contribution in [0.15, 0.2) is 48.5 Å². The molecule has 2 aromatic rings. The van der Waals surface area contributed by atoms with Crippen molar-refractivity contribution in [2.75, 3.05) is 31.6 Å². The van der Waals surface area contributed by atoms with Gasteiger partial charge in [-0.3, -0.25) is 4.79 Å². The van der Waals surface area contributed by atoms with Crippen LogP contribution >= 0.6 is 0 Å². The number of nitrogens with one attached hydrogen (secondary N) is 1. The summed E-state index contributed by atoms with van der Waals surface area (Å²) in [4.78, 5) is 25.5. The highest BCUT2D eigenvalue weighted by Crippen LogP contribution is 2.26. The van der Waals surface area contributed by atoms with Crippen molar-refractivity contribution in [3.8, 4) is 0 Å². The number of benzene rings is 2. The smallest absolute Gasteiger partial charge is 0.340 e. The summed E-state index contributed by atoms with van der Waals surface area (Å²) >= 11 is 0. The number of hydrogen-bond acceptors (Lipinski definition) is 3. The predicted octanol–water partition coefficient (Wildman–Crippen LogP) is 4.18. The molecule has 0 aromatic heterocycles. The summed E-state index contributed by atoms with van der Waals surface area (Å²) in [6.45, 7) is 7.38. The Kier molecular flexibility index (Phi) is 7.04. The van der Waals surface area contributed by atoms with Crippen molar-refractivity contribution in [3.05, 3.63) is 65.2 Å². The van der Waals surface area contributed by atoms with Crippen LogP contribution < -0.4 is 5.32 Å². The number of esters is 1. The average Bonchev–Trinajstić information content (AvgIpc) is 3.16. The summed E-state index contributed by atoms with van der Waals surface area (Å²) in [5.41, 5.74) is 3.22. The molecule has 1 fully saturated rings. The highest BCUT2D eigenvalue weighted by atomic mass is 16.5. The molecule has 29 heavy (non-hydrogen) atoms. The summed E-state index contributed by atoms with van der Waals surface area (Å²) < 4.78 is 5.95. The van der Waals surface area contributed by atoms with E-state index in [4.69, 9.17) is 4.74 Å². The first-order chi connectivity index (χ1) is 14.1. The fourth-order valence-corrected chi connectivity index (χ4v) is 4.25. The molecule has 1 aliphatic heterocycles. The van der Waals surface area contributed by atoms with Crippen LogP contribution in [-0.2, 0) is 22.5 Å². The van der Waals surface area contributed by atoms with Crippen molar-refractivity contribution in [2.24, 2.45) is 0 Å².